The number of hydrogen-bond acceptors (Lipinski definition) is 5. The average molecular weight is 338 g/mol. The first-order chi connectivity index (χ1) is 11.9. The molecule has 0 N–H and O–H groups in total. The van der Waals surface area contributed by atoms with Gasteiger partial charge in [0.05, 0.1) is 7.11 Å². The van der Waals surface area contributed by atoms with E-state index in [9.17, 15) is 9.59 Å². The van der Waals surface area contributed by atoms with Gasteiger partial charge in [0.15, 0.2) is 11.5 Å². The van der Waals surface area contributed by atoms with E-state index in [-0.39, 0.29) is 17.1 Å². The summed E-state index contributed by atoms with van der Waals surface area (Å²) in [6.45, 7) is 8.43. The maximum atomic E-state index is 11.9. The van der Waals surface area contributed by atoms with Crippen LogP contribution in [0.15, 0.2) is 67.3 Å². The Morgan fingerprint density at radius 1 is 0.960 bits per heavy atom. The van der Waals surface area contributed by atoms with Gasteiger partial charge in [0.2, 0.25) is 0 Å². The normalized spacial score (nSPS) is 9.84. The topological polar surface area (TPSA) is 61.8 Å². The molecule has 0 atom stereocenters. The molecule has 5 heteroatoms. The molecule has 0 saturated heterocycles. The summed E-state index contributed by atoms with van der Waals surface area (Å²) in [5, 5.41) is 0. The van der Waals surface area contributed by atoms with Gasteiger partial charge in [0.1, 0.15) is 5.75 Å². The monoisotopic (exact) mass is 338 g/mol. The molecule has 0 spiro atoms. The van der Waals surface area contributed by atoms with Crippen molar-refractivity contribution >= 4 is 11.9 Å². The largest absolute Gasteiger partial charge is 0.497 e. The van der Waals surface area contributed by atoms with Crippen molar-refractivity contribution in [2.24, 2.45) is 0 Å². The van der Waals surface area contributed by atoms with Gasteiger partial charge >= 0.3 is 11.9 Å². The summed E-state index contributed by atoms with van der Waals surface area (Å²) in [7, 11) is 1.59. The van der Waals surface area contributed by atoms with Crippen molar-refractivity contribution in [1.29, 1.82) is 0 Å². The van der Waals surface area contributed by atoms with Crippen LogP contribution in [0.5, 0.6) is 17.2 Å². The van der Waals surface area contributed by atoms with Crippen molar-refractivity contribution < 1.29 is 23.8 Å². The van der Waals surface area contributed by atoms with Crippen molar-refractivity contribution in [3.8, 4) is 28.4 Å². The number of methoxy groups -OCH3 is 1. The highest BCUT2D eigenvalue weighted by Crippen LogP contribution is 2.34. The van der Waals surface area contributed by atoms with Gasteiger partial charge in [-0.25, -0.2) is 9.59 Å². The average Bonchev–Trinajstić information content (AvgIpc) is 2.62. The summed E-state index contributed by atoms with van der Waals surface area (Å²) < 4.78 is 15.5. The molecule has 2 rings (SSSR count). The van der Waals surface area contributed by atoms with E-state index in [4.69, 9.17) is 14.2 Å². The molecule has 25 heavy (non-hydrogen) atoms. The first-order valence-corrected chi connectivity index (χ1v) is 7.45. The molecule has 0 heterocycles. The summed E-state index contributed by atoms with van der Waals surface area (Å²) in [5.41, 5.74) is 1.90. The Morgan fingerprint density at radius 2 is 1.60 bits per heavy atom. The predicted molar refractivity (Wildman–Crippen MR) is 94.7 cm³/mol. The summed E-state index contributed by atoms with van der Waals surface area (Å²) in [6, 6.07) is 12.3. The number of benzene rings is 2. The molecular formula is C20H18O5. The maximum Gasteiger partial charge on any atom is 0.338 e. The van der Waals surface area contributed by atoms with E-state index in [1.54, 1.807) is 25.3 Å². The fourth-order valence-electron chi connectivity index (χ4n) is 1.97. The van der Waals surface area contributed by atoms with Crippen molar-refractivity contribution in [3.05, 3.63) is 67.3 Å². The van der Waals surface area contributed by atoms with Gasteiger partial charge in [-0.05, 0) is 42.3 Å². The molecule has 128 valence electrons. The number of rotatable bonds is 6. The summed E-state index contributed by atoms with van der Waals surface area (Å²) >= 11 is 0. The molecule has 0 bridgehead atoms. The Hall–Kier alpha value is -3.34. The molecule has 0 aliphatic heterocycles. The molecular weight excluding hydrogens is 320 g/mol. The number of ether oxygens (including phenoxy) is 3. The van der Waals surface area contributed by atoms with Crippen LogP contribution in [0.4, 0.5) is 0 Å². The summed E-state index contributed by atoms with van der Waals surface area (Å²) in [6.07, 6.45) is 1.03. The van der Waals surface area contributed by atoms with Crippen molar-refractivity contribution in [2.45, 2.75) is 6.92 Å². The Morgan fingerprint density at radius 3 is 2.16 bits per heavy atom. The van der Waals surface area contributed by atoms with Gasteiger partial charge in [-0.2, -0.15) is 0 Å². The molecule has 0 unspecified atom stereocenters. The first kappa shape index (κ1) is 18.0. The van der Waals surface area contributed by atoms with Crippen molar-refractivity contribution in [3.63, 3.8) is 0 Å². The SMILES string of the molecule is C=CC(=O)Oc1ccc(-c2ccc(OC)cc2)cc1OC(=O)C(=C)C. The minimum atomic E-state index is -0.648. The predicted octanol–water partition coefficient (Wildman–Crippen LogP) is 3.94. The quantitative estimate of drug-likeness (QED) is 0.454. The Bertz CT molecular complexity index is 818. The van der Waals surface area contributed by atoms with E-state index in [0.717, 1.165) is 23.0 Å². The molecule has 0 fully saturated rings. The van der Waals surface area contributed by atoms with Gasteiger partial charge in [-0.1, -0.05) is 31.4 Å². The van der Waals surface area contributed by atoms with Crippen LogP contribution in [0.3, 0.4) is 0 Å². The molecule has 0 saturated carbocycles. The highest BCUT2D eigenvalue weighted by molar-refractivity contribution is 5.90. The summed E-state index contributed by atoms with van der Waals surface area (Å²) in [4.78, 5) is 23.3. The van der Waals surface area contributed by atoms with Crippen LogP contribution in [-0.2, 0) is 9.59 Å². The van der Waals surface area contributed by atoms with E-state index >= 15 is 0 Å². The van der Waals surface area contributed by atoms with E-state index in [1.165, 1.54) is 6.92 Å². The lowest BCUT2D eigenvalue weighted by molar-refractivity contribution is -0.132. The Kier molecular flexibility index (Phi) is 5.74. The number of hydrogen-bond donors (Lipinski definition) is 0. The number of carbonyl (C=O) groups is 2. The minimum absolute atomic E-state index is 0.122. The molecule has 0 radical (unpaired) electrons. The van der Waals surface area contributed by atoms with Crippen molar-refractivity contribution in [1.82, 2.24) is 0 Å². The van der Waals surface area contributed by atoms with E-state index in [2.05, 4.69) is 13.2 Å². The highest BCUT2D eigenvalue weighted by Gasteiger charge is 2.15. The van der Waals surface area contributed by atoms with E-state index in [0.29, 0.717) is 0 Å². The molecule has 0 aromatic heterocycles. The number of carbonyl (C=O) groups excluding carboxylic acids is 2. The molecule has 0 aliphatic rings. The van der Waals surface area contributed by atoms with Gasteiger partial charge in [-0.3, -0.25) is 0 Å². The van der Waals surface area contributed by atoms with Crippen LogP contribution in [-0.4, -0.2) is 19.0 Å². The van der Waals surface area contributed by atoms with Gasteiger partial charge in [0, 0.05) is 11.6 Å². The molecule has 5 nitrogen and oxygen atoms in total. The van der Waals surface area contributed by atoms with E-state index in [1.807, 2.05) is 24.3 Å². The molecule has 2 aromatic carbocycles. The molecule has 2 aromatic rings. The third-order valence-electron chi connectivity index (χ3n) is 3.30. The lowest BCUT2D eigenvalue weighted by Crippen LogP contribution is -2.11. The van der Waals surface area contributed by atoms with Crippen LogP contribution in [0.2, 0.25) is 0 Å². The second-order valence-corrected chi connectivity index (χ2v) is 5.19. The van der Waals surface area contributed by atoms with Crippen LogP contribution in [0.25, 0.3) is 11.1 Å². The maximum absolute atomic E-state index is 11.9. The third-order valence-corrected chi connectivity index (χ3v) is 3.30. The van der Waals surface area contributed by atoms with Gasteiger partial charge in [-0.15, -0.1) is 0 Å². The second kappa shape index (κ2) is 7.97. The fraction of sp³-hybridized carbons (Fsp3) is 0.100. The Balaban J connectivity index is 2.42. The lowest BCUT2D eigenvalue weighted by atomic mass is 10.0. The van der Waals surface area contributed by atoms with Crippen LogP contribution in [0, 0.1) is 0 Å². The zero-order valence-electron chi connectivity index (χ0n) is 14.1. The first-order valence-electron chi connectivity index (χ1n) is 7.45. The minimum Gasteiger partial charge on any atom is -0.497 e. The standard InChI is InChI=1S/C20H18O5/c1-5-19(21)24-17-11-8-15(12-18(17)25-20(22)13(2)3)14-6-9-16(23-4)10-7-14/h5-12H,1-2H2,3-4H3. The zero-order chi connectivity index (χ0) is 18.4. The fourth-order valence-corrected chi connectivity index (χ4v) is 1.97. The van der Waals surface area contributed by atoms with Crippen LogP contribution < -0.4 is 14.2 Å². The van der Waals surface area contributed by atoms with Crippen LogP contribution in [0.1, 0.15) is 6.92 Å². The van der Waals surface area contributed by atoms with Gasteiger partial charge < -0.3 is 14.2 Å². The zero-order valence-corrected chi connectivity index (χ0v) is 14.1. The Labute approximate surface area is 146 Å². The highest BCUT2D eigenvalue weighted by atomic mass is 16.6. The van der Waals surface area contributed by atoms with Crippen LogP contribution >= 0.6 is 0 Å². The molecule has 0 aliphatic carbocycles. The smallest absolute Gasteiger partial charge is 0.338 e. The molecule has 0 amide bonds. The number of esters is 2. The third kappa shape index (κ3) is 4.57. The second-order valence-electron chi connectivity index (χ2n) is 5.19. The lowest BCUT2D eigenvalue weighted by Gasteiger charge is -2.12. The van der Waals surface area contributed by atoms with E-state index < -0.39 is 11.9 Å². The summed E-state index contributed by atoms with van der Waals surface area (Å²) in [5.74, 6) is -0.282. The van der Waals surface area contributed by atoms with Gasteiger partial charge in [0.25, 0.3) is 0 Å². The van der Waals surface area contributed by atoms with Crippen molar-refractivity contribution in [2.75, 3.05) is 7.11 Å².